The molecule has 1 heterocycles. The molecule has 0 bridgehead atoms. The number of primary amides is 1. The van der Waals surface area contributed by atoms with Gasteiger partial charge in [-0.25, -0.2) is 0 Å². The lowest BCUT2D eigenvalue weighted by Crippen LogP contribution is -2.46. The smallest absolute Gasteiger partial charge is 0.323 e. The zero-order chi connectivity index (χ0) is 12.4. The van der Waals surface area contributed by atoms with Gasteiger partial charge in [0, 0.05) is 6.04 Å². The maximum atomic E-state index is 11.7. The number of ether oxygens (including phenoxy) is 1. The fourth-order valence-electron chi connectivity index (χ4n) is 3.33. The molecule has 0 unspecified atom stereocenters. The Bertz CT molecular complexity index is 319. The number of esters is 1. The average molecular weight is 240 g/mol. The van der Waals surface area contributed by atoms with E-state index in [9.17, 15) is 9.59 Å². The van der Waals surface area contributed by atoms with Crippen LogP contribution in [0, 0.1) is 5.92 Å². The summed E-state index contributed by atoms with van der Waals surface area (Å²) in [6.07, 6.45) is 5.41. The molecule has 0 aromatic rings. The maximum Gasteiger partial charge on any atom is 0.323 e. The highest BCUT2D eigenvalue weighted by atomic mass is 16.5. The van der Waals surface area contributed by atoms with Crippen molar-refractivity contribution in [2.45, 2.75) is 44.2 Å². The van der Waals surface area contributed by atoms with Gasteiger partial charge in [0.05, 0.1) is 13.7 Å². The molecule has 3 atom stereocenters. The summed E-state index contributed by atoms with van der Waals surface area (Å²) in [5, 5.41) is 0. The third-order valence-electron chi connectivity index (χ3n) is 4.03. The summed E-state index contributed by atoms with van der Waals surface area (Å²) in [5.41, 5.74) is 5.27. The fourth-order valence-corrected chi connectivity index (χ4v) is 3.33. The summed E-state index contributed by atoms with van der Waals surface area (Å²) >= 11 is 0. The van der Waals surface area contributed by atoms with Crippen LogP contribution in [0.25, 0.3) is 0 Å². The van der Waals surface area contributed by atoms with Crippen LogP contribution in [0.5, 0.6) is 0 Å². The van der Waals surface area contributed by atoms with Crippen LogP contribution < -0.4 is 5.73 Å². The van der Waals surface area contributed by atoms with Gasteiger partial charge in [0.1, 0.15) is 6.04 Å². The topological polar surface area (TPSA) is 72.6 Å². The summed E-state index contributed by atoms with van der Waals surface area (Å²) in [6, 6.07) is 0.0564. The van der Waals surface area contributed by atoms with Crippen molar-refractivity contribution in [1.29, 1.82) is 0 Å². The molecule has 2 N–H and O–H groups in total. The van der Waals surface area contributed by atoms with Gasteiger partial charge in [0.2, 0.25) is 5.91 Å². The van der Waals surface area contributed by atoms with Gasteiger partial charge >= 0.3 is 5.97 Å². The number of amides is 1. The molecular weight excluding hydrogens is 220 g/mol. The van der Waals surface area contributed by atoms with E-state index in [-0.39, 0.29) is 24.5 Å². The molecule has 1 saturated heterocycles. The number of likely N-dealkylation sites (tertiary alicyclic amines) is 1. The van der Waals surface area contributed by atoms with E-state index in [1.807, 2.05) is 4.90 Å². The van der Waals surface area contributed by atoms with Crippen molar-refractivity contribution in [3.63, 3.8) is 0 Å². The van der Waals surface area contributed by atoms with E-state index >= 15 is 0 Å². The SMILES string of the molecule is COC(=O)[C@@H]1C[C@H]2CCCC[C@@H]2N1CC(N)=O. The van der Waals surface area contributed by atoms with Crippen molar-refractivity contribution in [3.8, 4) is 0 Å². The highest BCUT2D eigenvalue weighted by Crippen LogP contribution is 2.39. The first-order chi connectivity index (χ1) is 8.13. The van der Waals surface area contributed by atoms with Gasteiger partial charge in [-0.3, -0.25) is 14.5 Å². The Balaban J connectivity index is 2.14. The third kappa shape index (κ3) is 2.44. The normalized spacial score (nSPS) is 33.1. The Morgan fingerprint density at radius 2 is 2.06 bits per heavy atom. The number of nitrogens with zero attached hydrogens (tertiary/aromatic N) is 1. The van der Waals surface area contributed by atoms with E-state index in [1.165, 1.54) is 20.0 Å². The molecule has 96 valence electrons. The highest BCUT2D eigenvalue weighted by Gasteiger charge is 2.45. The van der Waals surface area contributed by atoms with Gasteiger partial charge in [-0.15, -0.1) is 0 Å². The summed E-state index contributed by atoms with van der Waals surface area (Å²) in [5.74, 6) is -0.0852. The third-order valence-corrected chi connectivity index (χ3v) is 4.03. The molecule has 1 amide bonds. The Kier molecular flexibility index (Phi) is 3.66. The fraction of sp³-hybridized carbons (Fsp3) is 0.833. The second-order valence-corrected chi connectivity index (χ2v) is 5.03. The van der Waals surface area contributed by atoms with E-state index in [0.29, 0.717) is 12.0 Å². The van der Waals surface area contributed by atoms with Crippen LogP contribution in [0.3, 0.4) is 0 Å². The minimum atomic E-state index is -0.370. The second kappa shape index (κ2) is 5.04. The lowest BCUT2D eigenvalue weighted by molar-refractivity contribution is -0.146. The molecule has 1 aliphatic heterocycles. The van der Waals surface area contributed by atoms with Crippen LogP contribution in [-0.2, 0) is 14.3 Å². The predicted octanol–water partition coefficient (Wildman–Crippen LogP) is 0.278. The van der Waals surface area contributed by atoms with E-state index in [4.69, 9.17) is 10.5 Å². The summed E-state index contributed by atoms with van der Waals surface area (Å²) in [7, 11) is 1.40. The number of carbonyl (C=O) groups is 2. The molecule has 1 aliphatic carbocycles. The first-order valence-electron chi connectivity index (χ1n) is 6.25. The van der Waals surface area contributed by atoms with Crippen molar-refractivity contribution in [1.82, 2.24) is 4.90 Å². The van der Waals surface area contributed by atoms with Crippen LogP contribution in [0.4, 0.5) is 0 Å². The highest BCUT2D eigenvalue weighted by molar-refractivity contribution is 5.79. The number of rotatable bonds is 3. The van der Waals surface area contributed by atoms with Crippen molar-refractivity contribution >= 4 is 11.9 Å². The van der Waals surface area contributed by atoms with Gasteiger partial charge in [-0.05, 0) is 25.2 Å². The Morgan fingerprint density at radius 1 is 1.35 bits per heavy atom. The van der Waals surface area contributed by atoms with E-state index < -0.39 is 0 Å². The van der Waals surface area contributed by atoms with Gasteiger partial charge in [0.15, 0.2) is 0 Å². The van der Waals surface area contributed by atoms with Crippen LogP contribution in [0.1, 0.15) is 32.1 Å². The Labute approximate surface area is 101 Å². The van der Waals surface area contributed by atoms with E-state index in [2.05, 4.69) is 0 Å². The molecule has 2 rings (SSSR count). The molecule has 2 fully saturated rings. The molecule has 0 radical (unpaired) electrons. The number of hydrogen-bond donors (Lipinski definition) is 1. The quantitative estimate of drug-likeness (QED) is 0.719. The van der Waals surface area contributed by atoms with Crippen LogP contribution in [-0.4, -0.2) is 42.5 Å². The largest absolute Gasteiger partial charge is 0.468 e. The standard InChI is InChI=1S/C12H20N2O3/c1-17-12(16)10-6-8-4-2-3-5-9(8)14(10)7-11(13)15/h8-10H,2-7H2,1H3,(H2,13,15)/t8-,9+,10+/m1/s1. The molecule has 17 heavy (non-hydrogen) atoms. The second-order valence-electron chi connectivity index (χ2n) is 5.03. The van der Waals surface area contributed by atoms with Gasteiger partial charge < -0.3 is 10.5 Å². The molecule has 0 aromatic carbocycles. The number of fused-ring (bicyclic) bond motifs is 1. The minimum Gasteiger partial charge on any atom is -0.468 e. The summed E-state index contributed by atoms with van der Waals surface area (Å²) in [4.78, 5) is 24.8. The molecule has 0 spiro atoms. The van der Waals surface area contributed by atoms with Gasteiger partial charge in [0.25, 0.3) is 0 Å². The summed E-state index contributed by atoms with van der Waals surface area (Å²) < 4.78 is 4.82. The molecule has 0 aromatic heterocycles. The lowest BCUT2D eigenvalue weighted by Gasteiger charge is -2.32. The maximum absolute atomic E-state index is 11.7. The van der Waals surface area contributed by atoms with Crippen molar-refractivity contribution in [2.75, 3.05) is 13.7 Å². The zero-order valence-electron chi connectivity index (χ0n) is 10.2. The average Bonchev–Trinajstić information content (AvgIpc) is 2.67. The monoisotopic (exact) mass is 240 g/mol. The van der Waals surface area contributed by atoms with Crippen LogP contribution >= 0.6 is 0 Å². The summed E-state index contributed by atoms with van der Waals surface area (Å²) in [6.45, 7) is 0.168. The van der Waals surface area contributed by atoms with Crippen LogP contribution in [0.15, 0.2) is 0 Å². The Hall–Kier alpha value is -1.10. The van der Waals surface area contributed by atoms with Crippen LogP contribution in [0.2, 0.25) is 0 Å². The number of nitrogens with two attached hydrogens (primary N) is 1. The van der Waals surface area contributed by atoms with Gasteiger partial charge in [-0.2, -0.15) is 0 Å². The first kappa shape index (κ1) is 12.4. The van der Waals surface area contributed by atoms with Crippen molar-refractivity contribution in [2.24, 2.45) is 11.7 Å². The minimum absolute atomic E-state index is 0.168. The van der Waals surface area contributed by atoms with E-state index in [0.717, 1.165) is 19.3 Å². The number of hydrogen-bond acceptors (Lipinski definition) is 4. The van der Waals surface area contributed by atoms with E-state index in [1.54, 1.807) is 0 Å². The molecule has 5 heteroatoms. The van der Waals surface area contributed by atoms with Gasteiger partial charge in [-0.1, -0.05) is 12.8 Å². The van der Waals surface area contributed by atoms with Crippen molar-refractivity contribution < 1.29 is 14.3 Å². The molecule has 5 nitrogen and oxygen atoms in total. The first-order valence-corrected chi connectivity index (χ1v) is 6.25. The number of methoxy groups -OCH3 is 1. The number of carbonyl (C=O) groups excluding carboxylic acids is 2. The molecule has 1 saturated carbocycles. The predicted molar refractivity (Wildman–Crippen MR) is 62.1 cm³/mol. The molecular formula is C12H20N2O3. The lowest BCUT2D eigenvalue weighted by atomic mass is 9.85. The van der Waals surface area contributed by atoms with Crippen molar-refractivity contribution in [3.05, 3.63) is 0 Å². The molecule has 2 aliphatic rings. The Morgan fingerprint density at radius 3 is 2.71 bits per heavy atom. The zero-order valence-corrected chi connectivity index (χ0v) is 10.2.